The highest BCUT2D eigenvalue weighted by molar-refractivity contribution is 5.79. The van der Waals surface area contributed by atoms with Gasteiger partial charge < -0.3 is 9.64 Å². The second kappa shape index (κ2) is 7.69. The summed E-state index contributed by atoms with van der Waals surface area (Å²) in [5.74, 6) is 0.252. The Morgan fingerprint density at radius 1 is 1.21 bits per heavy atom. The quantitative estimate of drug-likeness (QED) is 0.810. The molecule has 3 heteroatoms. The predicted octanol–water partition coefficient (Wildman–Crippen LogP) is 4.19. The molecule has 0 aliphatic carbocycles. The van der Waals surface area contributed by atoms with E-state index in [0.29, 0.717) is 13.1 Å². The first-order valence-corrected chi connectivity index (χ1v) is 9.26. The molecule has 0 aromatic heterocycles. The van der Waals surface area contributed by atoms with Crippen LogP contribution in [-0.2, 0) is 21.4 Å². The Labute approximate surface area is 147 Å². The molecule has 2 rings (SSSR count). The summed E-state index contributed by atoms with van der Waals surface area (Å²) in [6, 6.07) is 8.80. The van der Waals surface area contributed by atoms with Crippen LogP contribution in [0.4, 0.5) is 0 Å². The van der Waals surface area contributed by atoms with Crippen molar-refractivity contribution in [3.63, 3.8) is 0 Å². The Morgan fingerprint density at radius 3 is 2.25 bits per heavy atom. The summed E-state index contributed by atoms with van der Waals surface area (Å²) in [6.45, 7) is 14.3. The number of carbonyl (C=O) groups is 1. The largest absolute Gasteiger partial charge is 0.372 e. The number of hydrogen-bond donors (Lipinski definition) is 0. The number of amides is 1. The van der Waals surface area contributed by atoms with E-state index in [1.165, 1.54) is 11.1 Å². The average Bonchev–Trinajstić information content (AvgIpc) is 2.53. The van der Waals surface area contributed by atoms with Crippen molar-refractivity contribution >= 4 is 5.91 Å². The highest BCUT2D eigenvalue weighted by Gasteiger charge is 2.28. The lowest BCUT2D eigenvalue weighted by Gasteiger charge is -2.36. The van der Waals surface area contributed by atoms with E-state index in [2.05, 4.69) is 45.0 Å². The van der Waals surface area contributed by atoms with Crippen LogP contribution in [0, 0.1) is 5.92 Å². The van der Waals surface area contributed by atoms with Gasteiger partial charge in [-0.05, 0) is 43.2 Å². The summed E-state index contributed by atoms with van der Waals surface area (Å²) in [4.78, 5) is 14.7. The minimum atomic E-state index is 0.00698. The van der Waals surface area contributed by atoms with Crippen molar-refractivity contribution in [1.29, 1.82) is 0 Å². The number of rotatable bonds is 5. The molecule has 0 bridgehead atoms. The van der Waals surface area contributed by atoms with E-state index in [-0.39, 0.29) is 29.4 Å². The van der Waals surface area contributed by atoms with E-state index in [4.69, 9.17) is 4.74 Å². The van der Waals surface area contributed by atoms with E-state index in [9.17, 15) is 4.79 Å². The SMILES string of the molecule is CCC(C)(C)c1ccc(CC(C)C(=O)N2C[C@@H](C)O[C@@H](C)C2)cc1. The first-order valence-electron chi connectivity index (χ1n) is 9.26. The lowest BCUT2D eigenvalue weighted by Crippen LogP contribution is -2.50. The first kappa shape index (κ1) is 19.0. The van der Waals surface area contributed by atoms with E-state index in [0.717, 1.165) is 12.8 Å². The number of ether oxygens (including phenoxy) is 1. The van der Waals surface area contributed by atoms with Gasteiger partial charge >= 0.3 is 0 Å². The average molecular weight is 332 g/mol. The molecule has 1 heterocycles. The maximum atomic E-state index is 12.7. The van der Waals surface area contributed by atoms with E-state index in [1.807, 2.05) is 25.7 Å². The zero-order valence-corrected chi connectivity index (χ0v) is 16.1. The zero-order valence-electron chi connectivity index (χ0n) is 16.1. The van der Waals surface area contributed by atoms with Crippen LogP contribution in [0.2, 0.25) is 0 Å². The fourth-order valence-electron chi connectivity index (χ4n) is 3.41. The normalized spacial score (nSPS) is 23.2. The van der Waals surface area contributed by atoms with Gasteiger partial charge in [-0.25, -0.2) is 0 Å². The second-order valence-electron chi connectivity index (χ2n) is 8.04. The fourth-order valence-corrected chi connectivity index (χ4v) is 3.41. The number of hydrogen-bond acceptors (Lipinski definition) is 2. The van der Waals surface area contributed by atoms with Crippen molar-refractivity contribution in [3.05, 3.63) is 35.4 Å². The molecule has 1 aliphatic rings. The molecule has 3 atom stereocenters. The van der Waals surface area contributed by atoms with Crippen LogP contribution in [0.25, 0.3) is 0 Å². The smallest absolute Gasteiger partial charge is 0.225 e. The first-order chi connectivity index (χ1) is 11.2. The van der Waals surface area contributed by atoms with Crippen molar-refractivity contribution in [2.24, 2.45) is 5.92 Å². The van der Waals surface area contributed by atoms with Gasteiger partial charge in [0.2, 0.25) is 5.91 Å². The minimum Gasteiger partial charge on any atom is -0.372 e. The molecule has 0 spiro atoms. The molecular formula is C21H33NO2. The van der Waals surface area contributed by atoms with Gasteiger partial charge in [0.15, 0.2) is 0 Å². The van der Waals surface area contributed by atoms with Gasteiger partial charge in [0.1, 0.15) is 0 Å². The Hall–Kier alpha value is -1.35. The molecular weight excluding hydrogens is 298 g/mol. The number of morpholine rings is 1. The van der Waals surface area contributed by atoms with Crippen molar-refractivity contribution in [1.82, 2.24) is 4.90 Å². The molecule has 1 aromatic rings. The van der Waals surface area contributed by atoms with Crippen LogP contribution in [0.1, 0.15) is 59.1 Å². The standard InChI is InChI=1S/C21H33NO2/c1-7-21(5,6)19-10-8-18(9-11-19)12-15(2)20(23)22-13-16(3)24-17(4)14-22/h8-11,15-17H,7,12-14H2,1-6H3/t15?,16-,17+. The molecule has 1 saturated heterocycles. The fraction of sp³-hybridized carbons (Fsp3) is 0.667. The topological polar surface area (TPSA) is 29.5 Å². The van der Waals surface area contributed by atoms with Crippen molar-refractivity contribution < 1.29 is 9.53 Å². The third kappa shape index (κ3) is 4.60. The van der Waals surface area contributed by atoms with Gasteiger partial charge in [0.25, 0.3) is 0 Å². The van der Waals surface area contributed by atoms with E-state index >= 15 is 0 Å². The highest BCUT2D eigenvalue weighted by atomic mass is 16.5. The summed E-state index contributed by atoms with van der Waals surface area (Å²) in [7, 11) is 0. The summed E-state index contributed by atoms with van der Waals surface area (Å²) < 4.78 is 5.73. The monoisotopic (exact) mass is 331 g/mol. The van der Waals surface area contributed by atoms with E-state index in [1.54, 1.807) is 0 Å². The van der Waals surface area contributed by atoms with Crippen LogP contribution in [0.3, 0.4) is 0 Å². The number of benzene rings is 1. The lowest BCUT2D eigenvalue weighted by molar-refractivity contribution is -0.146. The van der Waals surface area contributed by atoms with Gasteiger partial charge in [-0.3, -0.25) is 4.79 Å². The maximum Gasteiger partial charge on any atom is 0.225 e. The van der Waals surface area contributed by atoms with Crippen LogP contribution in [-0.4, -0.2) is 36.1 Å². The van der Waals surface area contributed by atoms with Gasteiger partial charge in [-0.2, -0.15) is 0 Å². The van der Waals surface area contributed by atoms with Gasteiger partial charge in [0, 0.05) is 19.0 Å². The molecule has 1 fully saturated rings. The summed E-state index contributed by atoms with van der Waals surface area (Å²) in [5.41, 5.74) is 2.81. The maximum absolute atomic E-state index is 12.7. The predicted molar refractivity (Wildman–Crippen MR) is 99.2 cm³/mol. The molecule has 1 aliphatic heterocycles. The molecule has 3 nitrogen and oxygen atoms in total. The lowest BCUT2D eigenvalue weighted by atomic mass is 9.82. The Kier molecular flexibility index (Phi) is 6.08. The molecule has 134 valence electrons. The highest BCUT2D eigenvalue weighted by Crippen LogP contribution is 2.27. The second-order valence-corrected chi connectivity index (χ2v) is 8.04. The summed E-state index contributed by atoms with van der Waals surface area (Å²) >= 11 is 0. The Balaban J connectivity index is 1.98. The number of nitrogens with zero attached hydrogens (tertiary/aromatic N) is 1. The van der Waals surface area contributed by atoms with Gasteiger partial charge in [-0.15, -0.1) is 0 Å². The van der Waals surface area contributed by atoms with Crippen molar-refractivity contribution in [2.45, 2.75) is 72.0 Å². The summed E-state index contributed by atoms with van der Waals surface area (Å²) in [5, 5.41) is 0. The molecule has 0 radical (unpaired) electrons. The third-order valence-corrected chi connectivity index (χ3v) is 5.31. The number of carbonyl (C=O) groups excluding carboxylic acids is 1. The molecule has 1 amide bonds. The van der Waals surface area contributed by atoms with Crippen molar-refractivity contribution in [2.75, 3.05) is 13.1 Å². The minimum absolute atomic E-state index is 0.00698. The third-order valence-electron chi connectivity index (χ3n) is 5.31. The van der Waals surface area contributed by atoms with Crippen LogP contribution in [0.5, 0.6) is 0 Å². The molecule has 24 heavy (non-hydrogen) atoms. The molecule has 1 unspecified atom stereocenters. The van der Waals surface area contributed by atoms with Crippen LogP contribution < -0.4 is 0 Å². The van der Waals surface area contributed by atoms with E-state index < -0.39 is 0 Å². The van der Waals surface area contributed by atoms with Crippen LogP contribution >= 0.6 is 0 Å². The molecule has 0 N–H and O–H groups in total. The Bertz CT molecular complexity index is 539. The van der Waals surface area contributed by atoms with Gasteiger partial charge in [0.05, 0.1) is 12.2 Å². The molecule has 0 saturated carbocycles. The van der Waals surface area contributed by atoms with Gasteiger partial charge in [-0.1, -0.05) is 52.0 Å². The zero-order chi connectivity index (χ0) is 17.9. The summed E-state index contributed by atoms with van der Waals surface area (Å²) in [6.07, 6.45) is 2.17. The van der Waals surface area contributed by atoms with Crippen molar-refractivity contribution in [3.8, 4) is 0 Å². The van der Waals surface area contributed by atoms with Crippen LogP contribution in [0.15, 0.2) is 24.3 Å². The molecule has 1 aromatic carbocycles. The Morgan fingerprint density at radius 2 is 1.75 bits per heavy atom.